The van der Waals surface area contributed by atoms with Gasteiger partial charge in [-0.3, -0.25) is 4.68 Å². The van der Waals surface area contributed by atoms with Crippen molar-refractivity contribution < 1.29 is 0 Å². The maximum Gasteiger partial charge on any atom is 0.142 e. The SMILES string of the molecule is CCCn1nccc1-c1nc2c(s1)CCCC2NC. The Bertz CT molecular complexity index is 558. The van der Waals surface area contributed by atoms with Crippen molar-refractivity contribution in [2.75, 3.05) is 7.05 Å². The molecule has 19 heavy (non-hydrogen) atoms. The highest BCUT2D eigenvalue weighted by Crippen LogP contribution is 2.36. The van der Waals surface area contributed by atoms with Gasteiger partial charge in [-0.15, -0.1) is 11.3 Å². The summed E-state index contributed by atoms with van der Waals surface area (Å²) >= 11 is 1.84. The number of thiazole rings is 1. The molecule has 3 rings (SSSR count). The Labute approximate surface area is 117 Å². The lowest BCUT2D eigenvalue weighted by Crippen LogP contribution is -2.21. The van der Waals surface area contributed by atoms with Crippen molar-refractivity contribution in [3.05, 3.63) is 22.8 Å². The van der Waals surface area contributed by atoms with Crippen LogP contribution in [0.15, 0.2) is 12.3 Å². The third kappa shape index (κ3) is 2.32. The van der Waals surface area contributed by atoms with Gasteiger partial charge in [0, 0.05) is 17.6 Å². The van der Waals surface area contributed by atoms with E-state index in [1.165, 1.54) is 29.8 Å². The van der Waals surface area contributed by atoms with Crippen LogP contribution in [0, 0.1) is 0 Å². The molecule has 2 heterocycles. The molecule has 0 fully saturated rings. The number of hydrogen-bond donors (Lipinski definition) is 1. The Morgan fingerprint density at radius 3 is 3.21 bits per heavy atom. The van der Waals surface area contributed by atoms with Crippen LogP contribution in [0.25, 0.3) is 10.7 Å². The van der Waals surface area contributed by atoms with Crippen LogP contribution in [0.2, 0.25) is 0 Å². The van der Waals surface area contributed by atoms with Gasteiger partial charge in [-0.25, -0.2) is 4.98 Å². The topological polar surface area (TPSA) is 42.7 Å². The van der Waals surface area contributed by atoms with Gasteiger partial charge in [-0.1, -0.05) is 6.92 Å². The van der Waals surface area contributed by atoms with Crippen LogP contribution in [0.4, 0.5) is 0 Å². The van der Waals surface area contributed by atoms with E-state index in [0.717, 1.165) is 23.7 Å². The van der Waals surface area contributed by atoms with Gasteiger partial charge in [0.05, 0.1) is 17.4 Å². The van der Waals surface area contributed by atoms with Crippen molar-refractivity contribution in [1.82, 2.24) is 20.1 Å². The molecule has 1 N–H and O–H groups in total. The second-order valence-corrected chi connectivity index (χ2v) is 6.08. The summed E-state index contributed by atoms with van der Waals surface area (Å²) in [5, 5.41) is 8.90. The molecule has 0 radical (unpaired) electrons. The van der Waals surface area contributed by atoms with Crippen LogP contribution < -0.4 is 5.32 Å². The lowest BCUT2D eigenvalue weighted by atomic mass is 9.98. The fraction of sp³-hybridized carbons (Fsp3) is 0.571. The monoisotopic (exact) mass is 276 g/mol. The highest BCUT2D eigenvalue weighted by molar-refractivity contribution is 7.15. The largest absolute Gasteiger partial charge is 0.312 e. The Kier molecular flexibility index (Phi) is 3.66. The summed E-state index contributed by atoms with van der Waals surface area (Å²) < 4.78 is 2.07. The Morgan fingerprint density at radius 1 is 1.53 bits per heavy atom. The molecule has 5 heteroatoms. The van der Waals surface area contributed by atoms with Gasteiger partial charge in [-0.2, -0.15) is 5.10 Å². The van der Waals surface area contributed by atoms with E-state index in [2.05, 4.69) is 28.1 Å². The fourth-order valence-corrected chi connectivity index (χ4v) is 3.91. The molecular formula is C14H20N4S. The lowest BCUT2D eigenvalue weighted by Gasteiger charge is -2.19. The summed E-state index contributed by atoms with van der Waals surface area (Å²) in [5.41, 5.74) is 2.43. The average Bonchev–Trinajstić information content (AvgIpc) is 3.03. The van der Waals surface area contributed by atoms with Crippen LogP contribution >= 0.6 is 11.3 Å². The molecule has 0 saturated carbocycles. The summed E-state index contributed by atoms with van der Waals surface area (Å²) in [5.74, 6) is 0. The van der Waals surface area contributed by atoms with E-state index in [4.69, 9.17) is 4.98 Å². The zero-order valence-corrected chi connectivity index (χ0v) is 12.3. The van der Waals surface area contributed by atoms with Crippen LogP contribution in [0.3, 0.4) is 0 Å². The van der Waals surface area contributed by atoms with E-state index in [1.54, 1.807) is 0 Å². The predicted molar refractivity (Wildman–Crippen MR) is 78.4 cm³/mol. The van der Waals surface area contributed by atoms with Crippen molar-refractivity contribution in [1.29, 1.82) is 0 Å². The summed E-state index contributed by atoms with van der Waals surface area (Å²) in [7, 11) is 2.03. The first kappa shape index (κ1) is 12.8. The Morgan fingerprint density at radius 2 is 2.42 bits per heavy atom. The molecule has 1 aliphatic rings. The maximum atomic E-state index is 4.88. The highest BCUT2D eigenvalue weighted by Gasteiger charge is 2.24. The number of nitrogens with zero attached hydrogens (tertiary/aromatic N) is 3. The molecule has 0 aromatic carbocycles. The molecule has 2 aromatic heterocycles. The van der Waals surface area contributed by atoms with E-state index in [-0.39, 0.29) is 0 Å². The minimum Gasteiger partial charge on any atom is -0.312 e. The number of nitrogens with one attached hydrogen (secondary N) is 1. The van der Waals surface area contributed by atoms with E-state index in [9.17, 15) is 0 Å². The van der Waals surface area contributed by atoms with Crippen molar-refractivity contribution in [3.63, 3.8) is 0 Å². The molecule has 4 nitrogen and oxygen atoms in total. The normalized spacial score (nSPS) is 18.5. The Hall–Kier alpha value is -1.20. The second-order valence-electron chi connectivity index (χ2n) is 5.00. The smallest absolute Gasteiger partial charge is 0.142 e. The van der Waals surface area contributed by atoms with Gasteiger partial charge in [0.1, 0.15) is 5.01 Å². The van der Waals surface area contributed by atoms with Crippen molar-refractivity contribution in [3.8, 4) is 10.7 Å². The van der Waals surface area contributed by atoms with Crippen LogP contribution in [0.5, 0.6) is 0 Å². The van der Waals surface area contributed by atoms with Crippen LogP contribution in [-0.4, -0.2) is 21.8 Å². The summed E-state index contributed by atoms with van der Waals surface area (Å²) in [4.78, 5) is 6.33. The molecule has 0 amide bonds. The summed E-state index contributed by atoms with van der Waals surface area (Å²) in [6.45, 7) is 3.14. The standard InChI is InChI=1S/C14H20N4S/c1-3-9-18-11(7-8-16-18)14-17-13-10(15-2)5-4-6-12(13)19-14/h7-8,10,15H,3-6,9H2,1-2H3. The predicted octanol–water partition coefficient (Wildman–Crippen LogP) is 3.01. The molecular weight excluding hydrogens is 256 g/mol. The molecule has 0 saturated heterocycles. The van der Waals surface area contributed by atoms with Crippen molar-refractivity contribution in [2.45, 2.75) is 45.2 Å². The Balaban J connectivity index is 1.98. The van der Waals surface area contributed by atoms with Crippen LogP contribution in [-0.2, 0) is 13.0 Å². The first-order valence-electron chi connectivity index (χ1n) is 7.02. The molecule has 0 bridgehead atoms. The maximum absolute atomic E-state index is 4.88. The average molecular weight is 276 g/mol. The van der Waals surface area contributed by atoms with Gasteiger partial charge in [0.25, 0.3) is 0 Å². The van der Waals surface area contributed by atoms with Crippen LogP contribution in [0.1, 0.15) is 42.8 Å². The second kappa shape index (κ2) is 5.43. The van der Waals surface area contributed by atoms with E-state index < -0.39 is 0 Å². The molecule has 1 unspecified atom stereocenters. The number of rotatable bonds is 4. The molecule has 1 aliphatic carbocycles. The molecule has 2 aromatic rings. The highest BCUT2D eigenvalue weighted by atomic mass is 32.1. The number of aromatic nitrogens is 3. The molecule has 0 aliphatic heterocycles. The first-order chi connectivity index (χ1) is 9.33. The number of hydrogen-bond acceptors (Lipinski definition) is 4. The number of fused-ring (bicyclic) bond motifs is 1. The zero-order valence-electron chi connectivity index (χ0n) is 11.5. The first-order valence-corrected chi connectivity index (χ1v) is 7.84. The van der Waals surface area contributed by atoms with Gasteiger partial charge in [0.15, 0.2) is 0 Å². The minimum absolute atomic E-state index is 0.427. The third-order valence-corrected chi connectivity index (χ3v) is 4.83. The minimum atomic E-state index is 0.427. The van der Waals surface area contributed by atoms with Gasteiger partial charge in [0.2, 0.25) is 0 Å². The third-order valence-electron chi connectivity index (χ3n) is 3.67. The van der Waals surface area contributed by atoms with E-state index >= 15 is 0 Å². The zero-order chi connectivity index (χ0) is 13.2. The summed E-state index contributed by atoms with van der Waals surface area (Å²) in [6, 6.07) is 2.50. The fourth-order valence-electron chi connectivity index (χ4n) is 2.71. The summed E-state index contributed by atoms with van der Waals surface area (Å²) in [6.07, 6.45) is 6.60. The lowest BCUT2D eigenvalue weighted by molar-refractivity contribution is 0.490. The molecule has 0 spiro atoms. The van der Waals surface area contributed by atoms with Gasteiger partial charge in [-0.05, 0) is 38.8 Å². The van der Waals surface area contributed by atoms with Crippen molar-refractivity contribution in [2.24, 2.45) is 0 Å². The van der Waals surface area contributed by atoms with Gasteiger partial charge >= 0.3 is 0 Å². The number of aryl methyl sites for hydroxylation is 2. The van der Waals surface area contributed by atoms with Crippen molar-refractivity contribution >= 4 is 11.3 Å². The van der Waals surface area contributed by atoms with E-state index in [1.807, 2.05) is 24.6 Å². The van der Waals surface area contributed by atoms with E-state index in [0.29, 0.717) is 6.04 Å². The molecule has 102 valence electrons. The van der Waals surface area contributed by atoms with Gasteiger partial charge < -0.3 is 5.32 Å². The quantitative estimate of drug-likeness (QED) is 0.933. The molecule has 1 atom stereocenters.